The van der Waals surface area contributed by atoms with Gasteiger partial charge in [0.2, 0.25) is 5.91 Å². The van der Waals surface area contributed by atoms with Crippen LogP contribution in [0.2, 0.25) is 0 Å². The van der Waals surface area contributed by atoms with Gasteiger partial charge in [-0.1, -0.05) is 12.1 Å². The van der Waals surface area contributed by atoms with Crippen LogP contribution >= 0.6 is 0 Å². The third kappa shape index (κ3) is 2.21. The van der Waals surface area contributed by atoms with Crippen molar-refractivity contribution >= 4 is 17.6 Å². The average Bonchev–Trinajstić information content (AvgIpc) is 2.25. The fourth-order valence-electron chi connectivity index (χ4n) is 1.97. The first-order valence-electron chi connectivity index (χ1n) is 5.29. The van der Waals surface area contributed by atoms with Crippen LogP contribution in [0.5, 0.6) is 0 Å². The molecule has 0 bridgehead atoms. The molecular weight excluding hydrogens is 206 g/mol. The Balaban J connectivity index is 2.23. The third-order valence-electron chi connectivity index (χ3n) is 2.76. The molecule has 1 aromatic rings. The average molecular weight is 219 g/mol. The molecule has 0 fully saturated rings. The summed E-state index contributed by atoms with van der Waals surface area (Å²) in [5, 5.41) is 11.5. The van der Waals surface area contributed by atoms with Gasteiger partial charge >= 0.3 is 5.97 Å². The number of amides is 1. The van der Waals surface area contributed by atoms with Crippen molar-refractivity contribution in [2.45, 2.75) is 25.7 Å². The number of nitrogens with one attached hydrogen (secondary N) is 1. The number of carboxylic acid groups (broad SMARTS) is 1. The van der Waals surface area contributed by atoms with Crippen molar-refractivity contribution in [2.24, 2.45) is 0 Å². The van der Waals surface area contributed by atoms with Crippen molar-refractivity contribution in [3.05, 3.63) is 29.3 Å². The van der Waals surface area contributed by atoms with E-state index in [-0.39, 0.29) is 12.3 Å². The minimum Gasteiger partial charge on any atom is -0.481 e. The summed E-state index contributed by atoms with van der Waals surface area (Å²) in [6.07, 6.45) is 1.84. The number of carbonyl (C=O) groups excluding carboxylic acids is 1. The van der Waals surface area contributed by atoms with E-state index in [2.05, 4.69) is 5.32 Å². The molecule has 0 spiro atoms. The molecule has 1 heterocycles. The number of aryl methyl sites for hydroxylation is 1. The molecule has 4 heteroatoms. The summed E-state index contributed by atoms with van der Waals surface area (Å²) in [6, 6.07) is 5.64. The highest BCUT2D eigenvalue weighted by Crippen LogP contribution is 2.26. The molecule has 16 heavy (non-hydrogen) atoms. The van der Waals surface area contributed by atoms with E-state index in [0.717, 1.165) is 16.8 Å². The molecule has 0 atom stereocenters. The monoisotopic (exact) mass is 219 g/mol. The number of hydrogen-bond acceptors (Lipinski definition) is 2. The molecule has 4 nitrogen and oxygen atoms in total. The largest absolute Gasteiger partial charge is 0.481 e. The lowest BCUT2D eigenvalue weighted by Gasteiger charge is -2.19. The molecular formula is C12H13NO3. The van der Waals surface area contributed by atoms with Gasteiger partial charge in [0.05, 0.1) is 0 Å². The van der Waals surface area contributed by atoms with Crippen molar-refractivity contribution in [3.63, 3.8) is 0 Å². The molecule has 0 saturated carbocycles. The summed E-state index contributed by atoms with van der Waals surface area (Å²) in [7, 11) is 0. The van der Waals surface area contributed by atoms with Crippen LogP contribution in [0.15, 0.2) is 18.2 Å². The van der Waals surface area contributed by atoms with Crippen LogP contribution in [0.4, 0.5) is 5.69 Å². The highest BCUT2D eigenvalue weighted by Gasteiger charge is 2.17. The summed E-state index contributed by atoms with van der Waals surface area (Å²) in [4.78, 5) is 21.7. The number of rotatable bonds is 3. The smallest absolute Gasteiger partial charge is 0.303 e. The Kier molecular flexibility index (Phi) is 2.90. The first-order valence-corrected chi connectivity index (χ1v) is 5.29. The van der Waals surface area contributed by atoms with Gasteiger partial charge in [0, 0.05) is 18.5 Å². The van der Waals surface area contributed by atoms with Gasteiger partial charge in [0.25, 0.3) is 0 Å². The number of benzene rings is 1. The molecule has 0 saturated heterocycles. The second kappa shape index (κ2) is 4.35. The van der Waals surface area contributed by atoms with Crippen LogP contribution in [0.25, 0.3) is 0 Å². The Morgan fingerprint density at radius 2 is 2.19 bits per heavy atom. The van der Waals surface area contributed by atoms with Gasteiger partial charge in [-0.25, -0.2) is 0 Å². The molecule has 0 radical (unpaired) electrons. The van der Waals surface area contributed by atoms with Crippen LogP contribution in [0.1, 0.15) is 24.0 Å². The topological polar surface area (TPSA) is 66.4 Å². The zero-order chi connectivity index (χ0) is 11.5. The number of anilines is 1. The lowest BCUT2D eigenvalue weighted by Crippen LogP contribution is -2.20. The van der Waals surface area contributed by atoms with Gasteiger partial charge in [0.1, 0.15) is 0 Å². The number of carbonyl (C=O) groups is 2. The first-order chi connectivity index (χ1) is 7.66. The molecule has 0 aromatic heterocycles. The molecule has 0 unspecified atom stereocenters. The van der Waals surface area contributed by atoms with E-state index in [1.165, 1.54) is 0 Å². The zero-order valence-electron chi connectivity index (χ0n) is 8.82. The Bertz CT molecular complexity index is 440. The summed E-state index contributed by atoms with van der Waals surface area (Å²) < 4.78 is 0. The number of carboxylic acids is 1. The van der Waals surface area contributed by atoms with E-state index in [1.807, 2.05) is 18.2 Å². The fourth-order valence-corrected chi connectivity index (χ4v) is 1.97. The number of hydrogen-bond donors (Lipinski definition) is 2. The van der Waals surface area contributed by atoms with Crippen molar-refractivity contribution in [2.75, 3.05) is 5.32 Å². The Labute approximate surface area is 93.3 Å². The van der Waals surface area contributed by atoms with E-state index < -0.39 is 5.97 Å². The van der Waals surface area contributed by atoms with Crippen molar-refractivity contribution < 1.29 is 14.7 Å². The predicted octanol–water partition coefficient (Wildman–Crippen LogP) is 1.59. The molecule has 84 valence electrons. The van der Waals surface area contributed by atoms with E-state index in [0.29, 0.717) is 19.3 Å². The van der Waals surface area contributed by atoms with Crippen LogP contribution in [-0.4, -0.2) is 17.0 Å². The summed E-state index contributed by atoms with van der Waals surface area (Å²) in [5.41, 5.74) is 2.95. The molecule has 1 aliphatic heterocycles. The first kappa shape index (κ1) is 10.7. The highest BCUT2D eigenvalue weighted by molar-refractivity contribution is 5.94. The lowest BCUT2D eigenvalue weighted by atomic mass is 9.95. The highest BCUT2D eigenvalue weighted by atomic mass is 16.4. The Hall–Kier alpha value is -1.84. The van der Waals surface area contributed by atoms with Gasteiger partial charge in [-0.05, 0) is 30.0 Å². The molecule has 1 amide bonds. The van der Waals surface area contributed by atoms with E-state index >= 15 is 0 Å². The van der Waals surface area contributed by atoms with E-state index in [4.69, 9.17) is 5.11 Å². The maximum Gasteiger partial charge on any atom is 0.303 e. The minimum atomic E-state index is -0.794. The second-order valence-electron chi connectivity index (χ2n) is 3.89. The van der Waals surface area contributed by atoms with E-state index in [9.17, 15) is 9.59 Å². The normalized spacial score (nSPS) is 14.1. The molecule has 2 rings (SSSR count). The molecule has 1 aliphatic rings. The van der Waals surface area contributed by atoms with Gasteiger partial charge in [-0.2, -0.15) is 0 Å². The Morgan fingerprint density at radius 1 is 1.38 bits per heavy atom. The quantitative estimate of drug-likeness (QED) is 0.811. The standard InChI is InChI=1S/C12H13NO3/c14-11-6-5-9-8(4-7-12(15)16)2-1-3-10(9)13-11/h1-3H,4-7H2,(H,13,14)(H,15,16). The molecule has 2 N–H and O–H groups in total. The van der Waals surface area contributed by atoms with Crippen molar-refractivity contribution in [3.8, 4) is 0 Å². The van der Waals surface area contributed by atoms with Crippen LogP contribution in [0.3, 0.4) is 0 Å². The van der Waals surface area contributed by atoms with Gasteiger partial charge in [-0.3, -0.25) is 9.59 Å². The maximum absolute atomic E-state index is 11.2. The molecule has 1 aromatic carbocycles. The Morgan fingerprint density at radius 3 is 2.94 bits per heavy atom. The zero-order valence-corrected chi connectivity index (χ0v) is 8.82. The third-order valence-corrected chi connectivity index (χ3v) is 2.76. The second-order valence-corrected chi connectivity index (χ2v) is 3.89. The SMILES string of the molecule is O=C(O)CCc1cccc2c1CCC(=O)N2. The van der Waals surface area contributed by atoms with Crippen molar-refractivity contribution in [1.82, 2.24) is 0 Å². The minimum absolute atomic E-state index is 0.0304. The summed E-state index contributed by atoms with van der Waals surface area (Å²) >= 11 is 0. The lowest BCUT2D eigenvalue weighted by molar-refractivity contribution is -0.137. The predicted molar refractivity (Wildman–Crippen MR) is 59.3 cm³/mol. The number of aliphatic carboxylic acids is 1. The van der Waals surface area contributed by atoms with Crippen LogP contribution < -0.4 is 5.32 Å². The van der Waals surface area contributed by atoms with Gasteiger partial charge in [-0.15, -0.1) is 0 Å². The van der Waals surface area contributed by atoms with Crippen LogP contribution in [-0.2, 0) is 22.4 Å². The molecule has 0 aliphatic carbocycles. The summed E-state index contributed by atoms with van der Waals surface area (Å²) in [5.74, 6) is -0.764. The maximum atomic E-state index is 11.2. The summed E-state index contributed by atoms with van der Waals surface area (Å²) in [6.45, 7) is 0. The van der Waals surface area contributed by atoms with Gasteiger partial charge in [0.15, 0.2) is 0 Å². The number of fused-ring (bicyclic) bond motifs is 1. The van der Waals surface area contributed by atoms with Crippen LogP contribution in [0, 0.1) is 0 Å². The fraction of sp³-hybridized carbons (Fsp3) is 0.333. The van der Waals surface area contributed by atoms with Crippen molar-refractivity contribution in [1.29, 1.82) is 0 Å². The van der Waals surface area contributed by atoms with Gasteiger partial charge < -0.3 is 10.4 Å². The van der Waals surface area contributed by atoms with E-state index in [1.54, 1.807) is 0 Å².